The summed E-state index contributed by atoms with van der Waals surface area (Å²) in [6.07, 6.45) is 2.33. The van der Waals surface area contributed by atoms with Crippen LogP contribution in [0.5, 0.6) is 5.75 Å². The topological polar surface area (TPSA) is 22.8 Å². The molecule has 5 rings (SSSR count). The van der Waals surface area contributed by atoms with Crippen LogP contribution in [0.2, 0.25) is 0 Å². The first-order valence-electron chi connectivity index (χ1n) is 12.7. The maximum atomic E-state index is 5.69. The molecule has 38 heavy (non-hydrogen) atoms. The third-order valence-corrected chi connectivity index (χ3v) is 8.02. The number of para-hydroxylation sites is 2. The van der Waals surface area contributed by atoms with Gasteiger partial charge in [0.1, 0.15) is 17.0 Å². The first-order chi connectivity index (χ1) is 18.0. The number of anilines is 2. The second kappa shape index (κ2) is 12.7. The fourth-order valence-corrected chi connectivity index (χ4v) is 5.91. The second-order valence-corrected chi connectivity index (χ2v) is 10.6. The molecule has 0 fully saturated rings. The largest absolute Gasteiger partial charge is 0.497 e. The number of likely N-dealkylation sites (N-methyl/N-ethyl adjacent to an activating group) is 2. The molecule has 0 N–H and O–H groups in total. The van der Waals surface area contributed by atoms with Crippen molar-refractivity contribution < 1.29 is 42.0 Å². The molecule has 1 aliphatic heterocycles. The number of hydrogen-bond donors (Lipinski definition) is 0. The summed E-state index contributed by atoms with van der Waals surface area (Å²) in [6.45, 7) is 5.05. The van der Waals surface area contributed by atoms with Gasteiger partial charge < -0.3 is 14.5 Å². The number of hydrogen-bond acceptors (Lipinski definition) is 5. The Bertz CT molecular complexity index is 1440. The zero-order valence-electron chi connectivity index (χ0n) is 22.9. The zero-order chi connectivity index (χ0) is 25.9. The van der Waals surface area contributed by atoms with Crippen molar-refractivity contribution in [1.82, 2.24) is 4.90 Å². The van der Waals surface area contributed by atoms with E-state index in [0.29, 0.717) is 0 Å². The Kier molecular flexibility index (Phi) is 9.53. The van der Waals surface area contributed by atoms with Crippen LogP contribution in [0.3, 0.4) is 0 Å². The van der Waals surface area contributed by atoms with Gasteiger partial charge in [0.25, 0.3) is 5.82 Å². The van der Waals surface area contributed by atoms with Crippen LogP contribution in [-0.2, 0) is 32.7 Å². The van der Waals surface area contributed by atoms with E-state index < -0.39 is 0 Å². The second-order valence-electron chi connectivity index (χ2n) is 9.51. The predicted molar refractivity (Wildman–Crippen MR) is 157 cm³/mol. The van der Waals surface area contributed by atoms with Crippen LogP contribution in [0.25, 0.3) is 22.7 Å². The van der Waals surface area contributed by atoms with E-state index in [4.69, 9.17) is 4.74 Å². The minimum absolute atomic E-state index is 0. The zero-order valence-corrected chi connectivity index (χ0v) is 26.5. The molecule has 0 amide bonds. The van der Waals surface area contributed by atoms with Gasteiger partial charge in [-0.2, -0.15) is 4.57 Å². The van der Waals surface area contributed by atoms with Crippen LogP contribution in [0.4, 0.5) is 11.5 Å². The van der Waals surface area contributed by atoms with Crippen LogP contribution in [0.1, 0.15) is 12.5 Å². The SMILES string of the molecule is CCN(CCN(C)C)c1cc(C=C2Sc3ccccc3N2C)c2ccc(OC)cc2[n+]1-c1ccccc1.[Y]. The van der Waals surface area contributed by atoms with E-state index in [0.717, 1.165) is 36.6 Å². The van der Waals surface area contributed by atoms with Gasteiger partial charge in [-0.15, -0.1) is 0 Å². The smallest absolute Gasteiger partial charge is 0.282 e. The van der Waals surface area contributed by atoms with E-state index in [-0.39, 0.29) is 32.7 Å². The van der Waals surface area contributed by atoms with Gasteiger partial charge in [0.05, 0.1) is 30.9 Å². The molecule has 193 valence electrons. The molecule has 0 saturated heterocycles. The molecule has 7 heteroatoms. The summed E-state index contributed by atoms with van der Waals surface area (Å²) in [5.74, 6) is 2.02. The molecule has 0 atom stereocenters. The van der Waals surface area contributed by atoms with Gasteiger partial charge in [-0.05, 0) is 69.1 Å². The molecule has 0 aliphatic carbocycles. The standard InChI is InChI=1S/C31H35N4OS.Y/c1-6-34(19-18-32(2)3)30-20-23(21-31-33(4)27-14-10-11-15-29(27)37-31)26-17-16-25(36-5)22-28(26)35(30)24-12-8-7-9-13-24;/h7-17,20-22H,6,18-19H2,1-5H3;/q+1;. The van der Waals surface area contributed by atoms with Gasteiger partial charge in [0.15, 0.2) is 0 Å². The van der Waals surface area contributed by atoms with Crippen molar-refractivity contribution in [2.45, 2.75) is 11.8 Å². The van der Waals surface area contributed by atoms with E-state index >= 15 is 0 Å². The van der Waals surface area contributed by atoms with Crippen molar-refractivity contribution in [2.24, 2.45) is 0 Å². The molecule has 2 heterocycles. The fraction of sp³-hybridized carbons (Fsp3) is 0.258. The van der Waals surface area contributed by atoms with E-state index in [9.17, 15) is 0 Å². The summed E-state index contributed by atoms with van der Waals surface area (Å²) in [6, 6.07) is 28.0. The van der Waals surface area contributed by atoms with Crippen molar-refractivity contribution in [3.63, 3.8) is 0 Å². The number of aromatic nitrogens is 1. The van der Waals surface area contributed by atoms with Crippen molar-refractivity contribution in [1.29, 1.82) is 0 Å². The molecule has 1 aliphatic rings. The Morgan fingerprint density at radius 1 is 0.947 bits per heavy atom. The average Bonchev–Trinajstić information content (AvgIpc) is 3.24. The van der Waals surface area contributed by atoms with Gasteiger partial charge >= 0.3 is 0 Å². The molecule has 1 radical (unpaired) electrons. The summed E-state index contributed by atoms with van der Waals surface area (Å²) in [5.41, 5.74) is 4.71. The minimum atomic E-state index is 0. The summed E-state index contributed by atoms with van der Waals surface area (Å²) in [7, 11) is 8.15. The number of fused-ring (bicyclic) bond motifs is 2. The van der Waals surface area contributed by atoms with Crippen LogP contribution >= 0.6 is 11.8 Å². The number of ether oxygens (including phenoxy) is 1. The van der Waals surface area contributed by atoms with Crippen LogP contribution in [0, 0.1) is 0 Å². The van der Waals surface area contributed by atoms with Crippen molar-refractivity contribution in [3.8, 4) is 11.4 Å². The van der Waals surface area contributed by atoms with Crippen LogP contribution in [-0.4, -0.2) is 52.8 Å². The fourth-order valence-electron chi connectivity index (χ4n) is 4.81. The van der Waals surface area contributed by atoms with Gasteiger partial charge in [-0.25, -0.2) is 0 Å². The summed E-state index contributed by atoms with van der Waals surface area (Å²) in [4.78, 5) is 8.29. The van der Waals surface area contributed by atoms with E-state index in [1.165, 1.54) is 32.4 Å². The van der Waals surface area contributed by atoms with E-state index in [1.54, 1.807) is 7.11 Å². The molecule has 0 saturated carbocycles. The number of nitrogens with zero attached hydrogens (tertiary/aromatic N) is 4. The first-order valence-corrected chi connectivity index (χ1v) is 13.6. The maximum Gasteiger partial charge on any atom is 0.282 e. The number of thioether (sulfide) groups is 1. The third kappa shape index (κ3) is 5.79. The summed E-state index contributed by atoms with van der Waals surface area (Å²) < 4.78 is 8.06. The van der Waals surface area contributed by atoms with Crippen molar-refractivity contribution >= 4 is 40.2 Å². The Hall–Kier alpha value is -2.38. The number of rotatable bonds is 8. The molecule has 0 spiro atoms. The monoisotopic (exact) mass is 600 g/mol. The summed E-state index contributed by atoms with van der Waals surface area (Å²) in [5, 5.41) is 2.41. The third-order valence-electron chi connectivity index (χ3n) is 6.86. The van der Waals surface area contributed by atoms with Gasteiger partial charge in [-0.3, -0.25) is 4.90 Å². The number of methoxy groups -OCH3 is 1. The minimum Gasteiger partial charge on any atom is -0.497 e. The van der Waals surface area contributed by atoms with Crippen LogP contribution < -0.4 is 19.1 Å². The first kappa shape index (κ1) is 28.6. The van der Waals surface area contributed by atoms with E-state index in [2.05, 4.69) is 132 Å². The molecule has 0 unspecified atom stereocenters. The average molecular weight is 601 g/mol. The Morgan fingerprint density at radius 2 is 1.68 bits per heavy atom. The van der Waals surface area contributed by atoms with Crippen LogP contribution in [0.15, 0.2) is 88.8 Å². The van der Waals surface area contributed by atoms with Gasteiger partial charge in [-0.1, -0.05) is 42.1 Å². The van der Waals surface area contributed by atoms with E-state index in [1.807, 2.05) is 11.8 Å². The number of pyridine rings is 1. The van der Waals surface area contributed by atoms with Crippen molar-refractivity contribution in [3.05, 3.63) is 89.5 Å². The van der Waals surface area contributed by atoms with Gasteiger partial charge in [0.2, 0.25) is 0 Å². The molecule has 3 aromatic carbocycles. The molecular weight excluding hydrogens is 565 g/mol. The molecule has 4 aromatic rings. The Morgan fingerprint density at radius 3 is 2.37 bits per heavy atom. The normalized spacial score (nSPS) is 13.6. The van der Waals surface area contributed by atoms with Gasteiger partial charge in [0, 0.05) is 68.7 Å². The summed E-state index contributed by atoms with van der Waals surface area (Å²) >= 11 is 1.83. The molecular formula is C31H35N4OSY+. The predicted octanol–water partition coefficient (Wildman–Crippen LogP) is 6.05. The number of benzene rings is 3. The Labute approximate surface area is 256 Å². The maximum absolute atomic E-state index is 5.69. The Balaban J connectivity index is 0.00000336. The molecule has 0 bridgehead atoms. The molecule has 1 aromatic heterocycles. The quantitative estimate of drug-likeness (QED) is 0.229. The molecule has 5 nitrogen and oxygen atoms in total. The van der Waals surface area contributed by atoms with Crippen molar-refractivity contribution in [2.75, 3.05) is 57.7 Å².